The maximum atomic E-state index is 13.9. The Hall–Kier alpha value is -3.94. The molecule has 8 heteroatoms. The van der Waals surface area contributed by atoms with Crippen LogP contribution in [-0.2, 0) is 6.61 Å². The molecule has 1 amide bonds. The fraction of sp³-hybridized carbons (Fsp3) is 0.208. The van der Waals surface area contributed by atoms with Gasteiger partial charge in [0.05, 0.1) is 12.2 Å². The summed E-state index contributed by atoms with van der Waals surface area (Å²) < 4.78 is 25.4. The molecule has 0 fully saturated rings. The van der Waals surface area contributed by atoms with Crippen molar-refractivity contribution in [1.82, 2.24) is 4.98 Å². The highest BCUT2D eigenvalue weighted by atomic mass is 19.1. The molecule has 0 unspecified atom stereocenters. The van der Waals surface area contributed by atoms with E-state index in [1.54, 1.807) is 30.3 Å². The summed E-state index contributed by atoms with van der Waals surface area (Å²) in [5.41, 5.74) is 0.643. The minimum absolute atomic E-state index is 0.0101. The Kier molecular flexibility index (Phi) is 7.38. The third kappa shape index (κ3) is 6.28. The van der Waals surface area contributed by atoms with E-state index in [-0.39, 0.29) is 35.3 Å². The predicted molar refractivity (Wildman–Crippen MR) is 117 cm³/mol. The van der Waals surface area contributed by atoms with Crippen LogP contribution in [0.15, 0.2) is 60.8 Å². The number of nitrogens with one attached hydrogen (secondary N) is 1. The van der Waals surface area contributed by atoms with E-state index in [2.05, 4.69) is 10.3 Å². The van der Waals surface area contributed by atoms with Crippen LogP contribution in [0.3, 0.4) is 0 Å². The number of rotatable bonds is 9. The number of pyridine rings is 1. The number of carboxylic acid groups (broad SMARTS) is 1. The summed E-state index contributed by atoms with van der Waals surface area (Å²) in [4.78, 5) is 27.7. The van der Waals surface area contributed by atoms with Gasteiger partial charge in [0.2, 0.25) is 0 Å². The molecule has 2 N–H and O–H groups in total. The molecule has 0 aliphatic carbocycles. The zero-order valence-corrected chi connectivity index (χ0v) is 17.7. The number of hydrogen-bond acceptors (Lipinski definition) is 5. The summed E-state index contributed by atoms with van der Waals surface area (Å²) in [6.45, 7) is 4.42. The van der Waals surface area contributed by atoms with E-state index in [4.69, 9.17) is 14.6 Å². The lowest BCUT2D eigenvalue weighted by atomic mass is 10.1. The molecule has 0 atom stereocenters. The van der Waals surface area contributed by atoms with Gasteiger partial charge in [0.1, 0.15) is 29.7 Å². The Labute approximate surface area is 184 Å². The lowest BCUT2D eigenvalue weighted by Crippen LogP contribution is -2.14. The number of hydrogen-bond donors (Lipinski definition) is 2. The topological polar surface area (TPSA) is 97.8 Å². The van der Waals surface area contributed by atoms with E-state index in [1.807, 2.05) is 13.8 Å². The van der Waals surface area contributed by atoms with Crippen molar-refractivity contribution in [3.8, 4) is 11.5 Å². The van der Waals surface area contributed by atoms with Gasteiger partial charge in [-0.3, -0.25) is 4.79 Å². The van der Waals surface area contributed by atoms with Crippen molar-refractivity contribution in [2.24, 2.45) is 5.92 Å². The first-order valence-electron chi connectivity index (χ1n) is 9.96. The van der Waals surface area contributed by atoms with E-state index in [9.17, 15) is 14.0 Å². The number of amides is 1. The molecule has 32 heavy (non-hydrogen) atoms. The van der Waals surface area contributed by atoms with Crippen LogP contribution in [0, 0.1) is 11.7 Å². The van der Waals surface area contributed by atoms with Crippen molar-refractivity contribution in [2.75, 3.05) is 11.9 Å². The lowest BCUT2D eigenvalue weighted by molar-refractivity contribution is 0.0696. The molecule has 3 rings (SSSR count). The predicted octanol–water partition coefficient (Wildman–Crippen LogP) is 4.79. The monoisotopic (exact) mass is 438 g/mol. The van der Waals surface area contributed by atoms with Crippen LogP contribution in [0.5, 0.6) is 11.5 Å². The Balaban J connectivity index is 1.80. The van der Waals surface area contributed by atoms with Gasteiger partial charge >= 0.3 is 5.97 Å². The van der Waals surface area contributed by atoms with Crippen molar-refractivity contribution in [1.29, 1.82) is 0 Å². The van der Waals surface area contributed by atoms with Gasteiger partial charge in [-0.15, -0.1) is 0 Å². The molecule has 3 aromatic rings. The standard InChI is InChI=1S/C24H23FN2O5/c1-15(2)13-31-19-9-18(23(28)27-22-8-7-16(12-26-22)24(29)30)10-20(11-19)32-14-17-5-3-4-6-21(17)25/h3-12,15H,13-14H2,1-2H3,(H,29,30)(H,26,27,28). The number of nitrogens with zero attached hydrogens (tertiary/aromatic N) is 1. The Morgan fingerprint density at radius 3 is 2.38 bits per heavy atom. The fourth-order valence-corrected chi connectivity index (χ4v) is 2.69. The summed E-state index contributed by atoms with van der Waals surface area (Å²) in [6.07, 6.45) is 1.16. The van der Waals surface area contributed by atoms with Gasteiger partial charge in [-0.1, -0.05) is 32.0 Å². The number of halogens is 1. The normalized spacial score (nSPS) is 10.6. The largest absolute Gasteiger partial charge is 0.493 e. The van der Waals surface area contributed by atoms with Gasteiger partial charge in [-0.2, -0.15) is 0 Å². The Morgan fingerprint density at radius 2 is 1.75 bits per heavy atom. The average molecular weight is 438 g/mol. The first-order chi connectivity index (χ1) is 15.3. The summed E-state index contributed by atoms with van der Waals surface area (Å²) in [5, 5.41) is 11.6. The van der Waals surface area contributed by atoms with E-state index in [1.165, 1.54) is 24.3 Å². The van der Waals surface area contributed by atoms with Crippen LogP contribution in [0.25, 0.3) is 0 Å². The van der Waals surface area contributed by atoms with Gasteiger partial charge in [0.25, 0.3) is 5.91 Å². The second-order valence-electron chi connectivity index (χ2n) is 7.47. The molecule has 7 nitrogen and oxygen atoms in total. The van der Waals surface area contributed by atoms with Crippen LogP contribution < -0.4 is 14.8 Å². The van der Waals surface area contributed by atoms with E-state index in [0.717, 1.165) is 6.20 Å². The summed E-state index contributed by atoms with van der Waals surface area (Å²) in [5.74, 6) is -0.727. The third-order valence-electron chi connectivity index (χ3n) is 4.33. The maximum absolute atomic E-state index is 13.9. The van der Waals surface area contributed by atoms with Crippen molar-refractivity contribution in [2.45, 2.75) is 20.5 Å². The second kappa shape index (κ2) is 10.4. The molecule has 0 spiro atoms. The van der Waals surface area contributed by atoms with Gasteiger partial charge < -0.3 is 19.9 Å². The molecule has 1 heterocycles. The summed E-state index contributed by atoms with van der Waals surface area (Å²) in [6, 6.07) is 13.7. The molecule has 2 aromatic carbocycles. The van der Waals surface area contributed by atoms with Gasteiger partial charge in [0, 0.05) is 23.4 Å². The molecule has 0 bridgehead atoms. The van der Waals surface area contributed by atoms with Crippen LogP contribution in [-0.4, -0.2) is 28.6 Å². The van der Waals surface area contributed by atoms with E-state index >= 15 is 0 Å². The number of ether oxygens (including phenoxy) is 2. The molecule has 0 aliphatic heterocycles. The highest BCUT2D eigenvalue weighted by Crippen LogP contribution is 2.25. The highest BCUT2D eigenvalue weighted by Gasteiger charge is 2.13. The lowest BCUT2D eigenvalue weighted by Gasteiger charge is -2.14. The fourth-order valence-electron chi connectivity index (χ4n) is 2.69. The molecule has 1 aromatic heterocycles. The van der Waals surface area contributed by atoms with Crippen LogP contribution in [0.2, 0.25) is 0 Å². The number of anilines is 1. The van der Waals surface area contributed by atoms with Gasteiger partial charge in [0.15, 0.2) is 0 Å². The number of carbonyl (C=O) groups is 2. The molecule has 166 valence electrons. The number of aromatic carboxylic acids is 1. The van der Waals surface area contributed by atoms with Crippen LogP contribution in [0.4, 0.5) is 10.2 Å². The number of benzene rings is 2. The first-order valence-corrected chi connectivity index (χ1v) is 9.96. The maximum Gasteiger partial charge on any atom is 0.337 e. The third-order valence-corrected chi connectivity index (χ3v) is 4.33. The summed E-state index contributed by atoms with van der Waals surface area (Å²) in [7, 11) is 0. The average Bonchev–Trinajstić information content (AvgIpc) is 2.77. The van der Waals surface area contributed by atoms with Crippen molar-refractivity contribution in [3.63, 3.8) is 0 Å². The summed E-state index contributed by atoms with van der Waals surface area (Å²) >= 11 is 0. The molecular formula is C24H23FN2O5. The quantitative estimate of drug-likeness (QED) is 0.499. The van der Waals surface area contributed by atoms with Crippen molar-refractivity contribution < 1.29 is 28.6 Å². The Morgan fingerprint density at radius 1 is 1.03 bits per heavy atom. The minimum atomic E-state index is -1.11. The first kappa shape index (κ1) is 22.7. The number of carbonyl (C=O) groups excluding carboxylic acids is 1. The zero-order chi connectivity index (χ0) is 23.1. The molecule has 0 saturated heterocycles. The van der Waals surface area contributed by atoms with Crippen molar-refractivity contribution >= 4 is 17.7 Å². The van der Waals surface area contributed by atoms with Crippen LogP contribution in [0.1, 0.15) is 40.1 Å². The van der Waals surface area contributed by atoms with Gasteiger partial charge in [-0.05, 0) is 36.2 Å². The second-order valence-corrected chi connectivity index (χ2v) is 7.47. The number of aromatic nitrogens is 1. The smallest absolute Gasteiger partial charge is 0.337 e. The van der Waals surface area contributed by atoms with E-state index < -0.39 is 11.9 Å². The minimum Gasteiger partial charge on any atom is -0.493 e. The van der Waals surface area contributed by atoms with E-state index in [0.29, 0.717) is 23.7 Å². The molecule has 0 saturated carbocycles. The molecule has 0 aliphatic rings. The SMILES string of the molecule is CC(C)COc1cc(OCc2ccccc2F)cc(C(=O)Nc2ccc(C(=O)O)cn2)c1. The van der Waals surface area contributed by atoms with Crippen molar-refractivity contribution in [3.05, 3.63) is 83.3 Å². The van der Waals surface area contributed by atoms with Gasteiger partial charge in [-0.25, -0.2) is 14.2 Å². The number of carboxylic acids is 1. The Bertz CT molecular complexity index is 1100. The van der Waals surface area contributed by atoms with Crippen LogP contribution >= 0.6 is 0 Å². The molecular weight excluding hydrogens is 415 g/mol. The highest BCUT2D eigenvalue weighted by molar-refractivity contribution is 6.04. The zero-order valence-electron chi connectivity index (χ0n) is 17.7. The molecule has 0 radical (unpaired) electrons.